The maximum atomic E-state index is 11.8. The summed E-state index contributed by atoms with van der Waals surface area (Å²) >= 11 is 0. The Morgan fingerprint density at radius 1 is 1.32 bits per heavy atom. The van der Waals surface area contributed by atoms with Gasteiger partial charge in [-0.3, -0.25) is 20.0 Å². The van der Waals surface area contributed by atoms with Crippen LogP contribution in [0.25, 0.3) is 0 Å². The van der Waals surface area contributed by atoms with Crippen LogP contribution >= 0.6 is 0 Å². The summed E-state index contributed by atoms with van der Waals surface area (Å²) in [7, 11) is 3.28. The molecule has 1 aliphatic rings. The van der Waals surface area contributed by atoms with Crippen molar-refractivity contribution < 1.29 is 9.59 Å². The van der Waals surface area contributed by atoms with Crippen molar-refractivity contribution in [1.82, 2.24) is 10.3 Å². The normalized spacial score (nSPS) is 14.8. The smallest absolute Gasteiger partial charge is 0.290 e. The van der Waals surface area contributed by atoms with Crippen molar-refractivity contribution in [2.24, 2.45) is 4.99 Å². The van der Waals surface area contributed by atoms with E-state index in [-0.39, 0.29) is 24.2 Å². The van der Waals surface area contributed by atoms with Crippen molar-refractivity contribution in [3.63, 3.8) is 0 Å². The summed E-state index contributed by atoms with van der Waals surface area (Å²) in [5.41, 5.74) is 4.56. The van der Waals surface area contributed by atoms with Gasteiger partial charge >= 0.3 is 0 Å². The third-order valence-electron chi connectivity index (χ3n) is 2.74. The molecule has 0 aromatic heterocycles. The van der Waals surface area contributed by atoms with Crippen LogP contribution in [0, 0.1) is 6.92 Å². The van der Waals surface area contributed by atoms with E-state index in [1.807, 2.05) is 31.2 Å². The average molecular weight is 260 g/mol. The first-order valence-corrected chi connectivity index (χ1v) is 5.91. The quantitative estimate of drug-likeness (QED) is 0.833. The first kappa shape index (κ1) is 13.1. The second-order valence-corrected chi connectivity index (χ2v) is 4.54. The van der Waals surface area contributed by atoms with E-state index in [1.165, 1.54) is 9.91 Å². The molecule has 0 aliphatic carbocycles. The fourth-order valence-electron chi connectivity index (χ4n) is 1.65. The lowest BCUT2D eigenvalue weighted by Crippen LogP contribution is -2.55. The molecular weight excluding hydrogens is 244 g/mol. The highest BCUT2D eigenvalue weighted by Gasteiger charge is 2.26. The molecule has 2 rings (SSSR count). The van der Waals surface area contributed by atoms with E-state index >= 15 is 0 Å². The van der Waals surface area contributed by atoms with Crippen LogP contribution in [0.3, 0.4) is 0 Å². The third-order valence-corrected chi connectivity index (χ3v) is 2.74. The van der Waals surface area contributed by atoms with Crippen LogP contribution < -0.4 is 10.4 Å². The first-order valence-electron chi connectivity index (χ1n) is 5.91. The number of aliphatic imine (C=N–C) groups is 1. The molecule has 1 aromatic carbocycles. The number of aryl methyl sites for hydroxylation is 1. The topological polar surface area (TPSA) is 65.0 Å². The number of hydrogen-bond acceptors (Lipinski definition) is 4. The number of anilines is 1. The van der Waals surface area contributed by atoms with E-state index in [1.54, 1.807) is 14.1 Å². The van der Waals surface area contributed by atoms with Crippen LogP contribution in [-0.2, 0) is 9.59 Å². The predicted octanol–water partition coefficient (Wildman–Crippen LogP) is 0.333. The lowest BCUT2D eigenvalue weighted by Gasteiger charge is -2.28. The Morgan fingerprint density at radius 3 is 2.53 bits per heavy atom. The van der Waals surface area contributed by atoms with Gasteiger partial charge in [0.15, 0.2) is 0 Å². The van der Waals surface area contributed by atoms with Gasteiger partial charge in [0.1, 0.15) is 6.54 Å². The van der Waals surface area contributed by atoms with E-state index in [4.69, 9.17) is 0 Å². The highest BCUT2D eigenvalue weighted by atomic mass is 16.2. The maximum Gasteiger partial charge on any atom is 0.290 e. The minimum absolute atomic E-state index is 0.0320. The minimum Gasteiger partial charge on any atom is -0.342 e. The third kappa shape index (κ3) is 2.73. The predicted molar refractivity (Wildman–Crippen MR) is 72.8 cm³/mol. The van der Waals surface area contributed by atoms with E-state index < -0.39 is 0 Å². The van der Waals surface area contributed by atoms with E-state index in [2.05, 4.69) is 10.4 Å². The van der Waals surface area contributed by atoms with Gasteiger partial charge in [0.05, 0.1) is 5.69 Å². The number of carbonyl (C=O) groups excluding carboxylic acids is 2. The van der Waals surface area contributed by atoms with Crippen molar-refractivity contribution in [1.29, 1.82) is 0 Å². The summed E-state index contributed by atoms with van der Waals surface area (Å²) < 4.78 is 0. The van der Waals surface area contributed by atoms with Crippen LogP contribution in [0.2, 0.25) is 0 Å². The molecule has 100 valence electrons. The molecule has 0 saturated heterocycles. The van der Waals surface area contributed by atoms with Crippen LogP contribution in [0.15, 0.2) is 29.3 Å². The maximum absolute atomic E-state index is 11.8. The lowest BCUT2D eigenvalue weighted by molar-refractivity contribution is -0.122. The molecule has 6 nitrogen and oxygen atoms in total. The van der Waals surface area contributed by atoms with Crippen molar-refractivity contribution in [2.75, 3.05) is 25.6 Å². The standard InChI is InChI=1S/C13H16N4O2/c1-9-4-6-10(7-5-9)17-11(18)8-14-12(15-17)13(19)16(2)3/h4-7H,8H2,1-3H3,(H,14,15). The second-order valence-electron chi connectivity index (χ2n) is 4.54. The number of nitrogens with one attached hydrogen (secondary N) is 1. The number of nitrogens with zero attached hydrogens (tertiary/aromatic N) is 3. The minimum atomic E-state index is -0.260. The van der Waals surface area contributed by atoms with Crippen molar-refractivity contribution in [3.05, 3.63) is 29.8 Å². The molecule has 19 heavy (non-hydrogen) atoms. The number of hydrazine groups is 1. The van der Waals surface area contributed by atoms with E-state index in [0.717, 1.165) is 5.56 Å². The number of amides is 2. The summed E-state index contributed by atoms with van der Waals surface area (Å²) in [6.07, 6.45) is 0. The number of likely N-dealkylation sites (N-methyl/N-ethyl adjacent to an activating group) is 1. The Kier molecular flexibility index (Phi) is 3.50. The van der Waals surface area contributed by atoms with Gasteiger partial charge in [-0.2, -0.15) is 0 Å². The van der Waals surface area contributed by atoms with Gasteiger partial charge in [0.2, 0.25) is 5.84 Å². The number of hydrogen-bond donors (Lipinski definition) is 1. The molecule has 1 aliphatic heterocycles. The fraction of sp³-hybridized carbons (Fsp3) is 0.308. The van der Waals surface area contributed by atoms with Crippen molar-refractivity contribution >= 4 is 23.3 Å². The van der Waals surface area contributed by atoms with Gasteiger partial charge in [0.25, 0.3) is 11.8 Å². The van der Waals surface area contributed by atoms with Gasteiger partial charge in [-0.05, 0) is 19.1 Å². The van der Waals surface area contributed by atoms with Crippen molar-refractivity contribution in [3.8, 4) is 0 Å². The van der Waals surface area contributed by atoms with Crippen LogP contribution in [0.1, 0.15) is 5.56 Å². The fourth-order valence-corrected chi connectivity index (χ4v) is 1.65. The Bertz CT molecular complexity index is 534. The summed E-state index contributed by atoms with van der Waals surface area (Å²) in [6.45, 7) is 1.94. The van der Waals surface area contributed by atoms with Gasteiger partial charge in [0, 0.05) is 14.1 Å². The summed E-state index contributed by atoms with van der Waals surface area (Å²) in [4.78, 5) is 29.0. The molecule has 2 amide bonds. The summed E-state index contributed by atoms with van der Waals surface area (Å²) in [6, 6.07) is 7.46. The molecule has 1 aromatic rings. The van der Waals surface area contributed by atoms with Gasteiger partial charge in [-0.15, -0.1) is 0 Å². The molecule has 0 spiro atoms. The summed E-state index contributed by atoms with van der Waals surface area (Å²) in [5, 5.41) is 1.35. The number of rotatable bonds is 2. The van der Waals surface area contributed by atoms with Gasteiger partial charge in [-0.1, -0.05) is 17.7 Å². The van der Waals surface area contributed by atoms with Crippen LogP contribution in [0.4, 0.5) is 5.69 Å². The number of carbonyl (C=O) groups is 2. The van der Waals surface area contributed by atoms with E-state index in [0.29, 0.717) is 5.69 Å². The number of amidine groups is 1. The Balaban J connectivity index is 2.23. The summed E-state index contributed by atoms with van der Waals surface area (Å²) in [5.74, 6) is -0.283. The SMILES string of the molecule is Cc1ccc(N2NC(C(=O)N(C)C)=NCC2=O)cc1. The van der Waals surface area contributed by atoms with Crippen LogP contribution in [-0.4, -0.2) is 43.2 Å². The van der Waals surface area contributed by atoms with Crippen molar-refractivity contribution in [2.45, 2.75) is 6.92 Å². The molecule has 1 heterocycles. The lowest BCUT2D eigenvalue weighted by atomic mass is 10.2. The molecule has 6 heteroatoms. The molecule has 0 saturated carbocycles. The Morgan fingerprint density at radius 2 is 1.95 bits per heavy atom. The average Bonchev–Trinajstić information content (AvgIpc) is 2.39. The van der Waals surface area contributed by atoms with Gasteiger partial charge in [-0.25, -0.2) is 5.01 Å². The zero-order chi connectivity index (χ0) is 14.0. The zero-order valence-corrected chi connectivity index (χ0v) is 11.2. The Hall–Kier alpha value is -2.37. The van der Waals surface area contributed by atoms with Crippen LogP contribution in [0.5, 0.6) is 0 Å². The highest BCUT2D eigenvalue weighted by Crippen LogP contribution is 2.15. The zero-order valence-electron chi connectivity index (χ0n) is 11.2. The van der Waals surface area contributed by atoms with Gasteiger partial charge < -0.3 is 4.90 Å². The molecule has 0 fully saturated rings. The molecule has 0 bridgehead atoms. The highest BCUT2D eigenvalue weighted by molar-refractivity contribution is 6.39. The molecular formula is C13H16N4O2. The molecule has 0 unspecified atom stereocenters. The molecule has 1 N–H and O–H groups in total. The Labute approximate surface area is 111 Å². The first-order chi connectivity index (χ1) is 8.99. The second kappa shape index (κ2) is 5.09. The molecule has 0 atom stereocenters. The monoisotopic (exact) mass is 260 g/mol. The largest absolute Gasteiger partial charge is 0.342 e. The number of benzene rings is 1. The van der Waals surface area contributed by atoms with E-state index in [9.17, 15) is 9.59 Å². The molecule has 0 radical (unpaired) electrons.